The molecule has 1 atom stereocenters. The van der Waals surface area contributed by atoms with E-state index in [2.05, 4.69) is 37.4 Å². The fraction of sp³-hybridized carbons (Fsp3) is 0.241. The summed E-state index contributed by atoms with van der Waals surface area (Å²) in [5, 5.41) is 6.40. The fourth-order valence-corrected chi connectivity index (χ4v) is 5.54. The lowest BCUT2D eigenvalue weighted by Gasteiger charge is -2.22. The van der Waals surface area contributed by atoms with Crippen LogP contribution in [0.15, 0.2) is 66.4 Å². The molecule has 1 aromatic carbocycles. The molecule has 0 bridgehead atoms. The van der Waals surface area contributed by atoms with Crippen LogP contribution in [-0.4, -0.2) is 45.1 Å². The Morgan fingerprint density at radius 2 is 2.00 bits per heavy atom. The number of fused-ring (bicyclic) bond motifs is 1. The molecular formula is C29H27N5O2S. The van der Waals surface area contributed by atoms with Crippen LogP contribution < -0.4 is 5.32 Å². The van der Waals surface area contributed by atoms with Crippen molar-refractivity contribution in [2.75, 3.05) is 13.2 Å². The standard InChI is InChI=1S/C29H27N5O2S/c1-18-5-4-7-25(34-18)28-27(32-17-33-28)19-8-9-24-20(11-19)12-21(14-31-24)22-13-26(37-16-22)29(35)36-15-23-6-2-3-10-30-23/h4-5,7-9,11-14,16-17,23,30H,2-3,6,10,15H2,1H3,(H,32,33)/t23-/m1/s1. The Bertz CT molecular complexity index is 1570. The lowest BCUT2D eigenvalue weighted by molar-refractivity contribution is 0.0457. The van der Waals surface area contributed by atoms with E-state index in [1.807, 2.05) is 54.9 Å². The Morgan fingerprint density at radius 3 is 2.86 bits per heavy atom. The summed E-state index contributed by atoms with van der Waals surface area (Å²) in [6.45, 7) is 3.39. The van der Waals surface area contributed by atoms with E-state index in [-0.39, 0.29) is 12.0 Å². The van der Waals surface area contributed by atoms with E-state index in [0.717, 1.165) is 63.3 Å². The van der Waals surface area contributed by atoms with Crippen LogP contribution in [0.2, 0.25) is 0 Å². The molecule has 1 fully saturated rings. The first kappa shape index (κ1) is 23.5. The second kappa shape index (κ2) is 10.2. The van der Waals surface area contributed by atoms with Crippen molar-refractivity contribution in [3.63, 3.8) is 0 Å². The van der Waals surface area contributed by atoms with Crippen LogP contribution >= 0.6 is 11.3 Å². The van der Waals surface area contributed by atoms with Crippen molar-refractivity contribution in [3.05, 3.63) is 77.0 Å². The average Bonchev–Trinajstić information content (AvgIpc) is 3.62. The number of aryl methyl sites for hydroxylation is 1. The molecule has 8 heteroatoms. The third-order valence-electron chi connectivity index (χ3n) is 6.70. The van der Waals surface area contributed by atoms with Crippen LogP contribution in [0.4, 0.5) is 0 Å². The minimum absolute atomic E-state index is 0.257. The number of carbonyl (C=O) groups excluding carboxylic acids is 1. The van der Waals surface area contributed by atoms with Gasteiger partial charge in [-0.15, -0.1) is 11.3 Å². The van der Waals surface area contributed by atoms with E-state index in [9.17, 15) is 4.79 Å². The average molecular weight is 510 g/mol. The van der Waals surface area contributed by atoms with Crippen molar-refractivity contribution in [1.82, 2.24) is 25.3 Å². The monoisotopic (exact) mass is 509 g/mol. The molecule has 186 valence electrons. The smallest absolute Gasteiger partial charge is 0.348 e. The number of rotatable bonds is 6. The van der Waals surface area contributed by atoms with Crippen LogP contribution in [0.1, 0.15) is 34.6 Å². The topological polar surface area (TPSA) is 92.8 Å². The van der Waals surface area contributed by atoms with E-state index < -0.39 is 0 Å². The molecule has 1 aliphatic heterocycles. The van der Waals surface area contributed by atoms with Gasteiger partial charge in [0, 0.05) is 34.4 Å². The van der Waals surface area contributed by atoms with Crippen LogP contribution in [0.5, 0.6) is 0 Å². The Morgan fingerprint density at radius 1 is 1.08 bits per heavy atom. The van der Waals surface area contributed by atoms with E-state index >= 15 is 0 Å². The number of ether oxygens (including phenoxy) is 1. The number of piperidine rings is 1. The molecule has 5 heterocycles. The highest BCUT2D eigenvalue weighted by atomic mass is 32.1. The highest BCUT2D eigenvalue weighted by Crippen LogP contribution is 2.32. The first-order chi connectivity index (χ1) is 18.1. The molecule has 5 aromatic rings. The molecule has 0 amide bonds. The van der Waals surface area contributed by atoms with Gasteiger partial charge in [0.05, 0.1) is 28.9 Å². The number of aromatic amines is 1. The Kier molecular flexibility index (Phi) is 6.51. The second-order valence-corrected chi connectivity index (χ2v) is 10.3. The molecule has 37 heavy (non-hydrogen) atoms. The summed E-state index contributed by atoms with van der Waals surface area (Å²) in [5.74, 6) is -0.268. The predicted molar refractivity (Wildman–Crippen MR) is 147 cm³/mol. The first-order valence-electron chi connectivity index (χ1n) is 12.5. The minimum atomic E-state index is -0.268. The molecule has 0 saturated carbocycles. The van der Waals surface area contributed by atoms with Gasteiger partial charge >= 0.3 is 5.97 Å². The third-order valence-corrected chi connectivity index (χ3v) is 7.61. The largest absolute Gasteiger partial charge is 0.460 e. The van der Waals surface area contributed by atoms with Crippen LogP contribution in [0.25, 0.3) is 44.7 Å². The zero-order valence-corrected chi connectivity index (χ0v) is 21.3. The Hall–Kier alpha value is -3.88. The minimum Gasteiger partial charge on any atom is -0.460 e. The van der Waals surface area contributed by atoms with E-state index in [1.54, 1.807) is 6.33 Å². The number of pyridine rings is 2. The number of benzene rings is 1. The number of hydrogen-bond acceptors (Lipinski definition) is 7. The van der Waals surface area contributed by atoms with Gasteiger partial charge in [-0.2, -0.15) is 0 Å². The number of imidazole rings is 1. The molecule has 2 N–H and O–H groups in total. The molecule has 6 rings (SSSR count). The number of thiophene rings is 1. The van der Waals surface area contributed by atoms with E-state index in [0.29, 0.717) is 11.5 Å². The molecule has 1 aliphatic rings. The van der Waals surface area contributed by atoms with Gasteiger partial charge in [-0.1, -0.05) is 18.6 Å². The Labute approximate surface area is 219 Å². The van der Waals surface area contributed by atoms with Gasteiger partial charge < -0.3 is 15.0 Å². The van der Waals surface area contributed by atoms with Crippen molar-refractivity contribution >= 4 is 28.2 Å². The summed E-state index contributed by atoms with van der Waals surface area (Å²) in [6, 6.07) is 16.3. The van der Waals surface area contributed by atoms with Gasteiger partial charge in [0.25, 0.3) is 0 Å². The summed E-state index contributed by atoms with van der Waals surface area (Å²) in [6.07, 6.45) is 6.97. The van der Waals surface area contributed by atoms with Gasteiger partial charge in [0.2, 0.25) is 0 Å². The summed E-state index contributed by atoms with van der Waals surface area (Å²) in [4.78, 5) is 30.4. The summed E-state index contributed by atoms with van der Waals surface area (Å²) < 4.78 is 5.58. The molecular weight excluding hydrogens is 482 g/mol. The highest BCUT2D eigenvalue weighted by molar-refractivity contribution is 7.12. The van der Waals surface area contributed by atoms with E-state index in [1.165, 1.54) is 24.2 Å². The zero-order valence-electron chi connectivity index (χ0n) is 20.5. The normalized spacial score (nSPS) is 15.6. The molecule has 0 unspecified atom stereocenters. The van der Waals surface area contributed by atoms with Gasteiger partial charge in [0.1, 0.15) is 11.5 Å². The number of esters is 1. The Balaban J connectivity index is 1.24. The predicted octanol–water partition coefficient (Wildman–Crippen LogP) is 6.02. The number of hydrogen-bond donors (Lipinski definition) is 2. The number of nitrogens with zero attached hydrogens (tertiary/aromatic N) is 3. The molecule has 4 aromatic heterocycles. The number of carbonyl (C=O) groups is 1. The van der Waals surface area contributed by atoms with Crippen molar-refractivity contribution in [2.45, 2.75) is 32.2 Å². The fourth-order valence-electron chi connectivity index (χ4n) is 4.74. The molecule has 0 radical (unpaired) electrons. The van der Waals surface area contributed by atoms with Gasteiger partial charge in [-0.3, -0.25) is 9.97 Å². The van der Waals surface area contributed by atoms with Gasteiger partial charge in [-0.05, 0) is 73.7 Å². The molecule has 0 spiro atoms. The van der Waals surface area contributed by atoms with Gasteiger partial charge in [-0.25, -0.2) is 9.78 Å². The lowest BCUT2D eigenvalue weighted by atomic mass is 10.0. The lowest BCUT2D eigenvalue weighted by Crippen LogP contribution is -2.38. The van der Waals surface area contributed by atoms with Crippen LogP contribution in [0.3, 0.4) is 0 Å². The maximum atomic E-state index is 12.6. The number of aromatic nitrogens is 4. The third kappa shape index (κ3) is 5.03. The van der Waals surface area contributed by atoms with Gasteiger partial charge in [0.15, 0.2) is 0 Å². The van der Waals surface area contributed by atoms with Crippen molar-refractivity contribution in [1.29, 1.82) is 0 Å². The maximum absolute atomic E-state index is 12.6. The summed E-state index contributed by atoms with van der Waals surface area (Å²) in [5.41, 5.74) is 7.33. The highest BCUT2D eigenvalue weighted by Gasteiger charge is 2.18. The second-order valence-electron chi connectivity index (χ2n) is 9.37. The van der Waals surface area contributed by atoms with Crippen LogP contribution in [-0.2, 0) is 4.74 Å². The number of H-pyrrole nitrogens is 1. The quantitative estimate of drug-likeness (QED) is 0.272. The maximum Gasteiger partial charge on any atom is 0.348 e. The van der Waals surface area contributed by atoms with E-state index in [4.69, 9.17) is 4.74 Å². The van der Waals surface area contributed by atoms with Crippen LogP contribution in [0, 0.1) is 6.92 Å². The van der Waals surface area contributed by atoms with Crippen molar-refractivity contribution < 1.29 is 9.53 Å². The van der Waals surface area contributed by atoms with Crippen molar-refractivity contribution in [3.8, 4) is 33.8 Å². The first-order valence-corrected chi connectivity index (χ1v) is 13.4. The molecule has 0 aliphatic carbocycles. The zero-order chi connectivity index (χ0) is 25.2. The number of nitrogens with one attached hydrogen (secondary N) is 2. The molecule has 1 saturated heterocycles. The molecule has 7 nitrogen and oxygen atoms in total. The SMILES string of the molecule is Cc1cccc(-c2[nH]cnc2-c2ccc3ncc(-c4csc(C(=O)OC[C@H]5CCCCN5)c4)cc3c2)n1. The van der Waals surface area contributed by atoms with Crippen molar-refractivity contribution in [2.24, 2.45) is 0 Å². The summed E-state index contributed by atoms with van der Waals surface area (Å²) >= 11 is 1.40. The summed E-state index contributed by atoms with van der Waals surface area (Å²) in [7, 11) is 0.